The fourth-order valence-corrected chi connectivity index (χ4v) is 8.62. The van der Waals surface area contributed by atoms with Crippen molar-refractivity contribution in [2.45, 2.75) is 119 Å². The van der Waals surface area contributed by atoms with E-state index in [1.807, 2.05) is 0 Å². The monoisotopic (exact) mass is 503 g/mol. The number of aliphatic hydroxyl groups excluding tert-OH is 7. The second-order valence-corrected chi connectivity index (χ2v) is 12.6. The molecule has 2 heterocycles. The Morgan fingerprint density at radius 1 is 0.743 bits per heavy atom. The van der Waals surface area contributed by atoms with Crippen molar-refractivity contribution in [1.29, 1.82) is 0 Å². The van der Waals surface area contributed by atoms with Crippen molar-refractivity contribution in [3.05, 3.63) is 0 Å². The molecule has 0 radical (unpaired) electrons. The van der Waals surface area contributed by atoms with E-state index >= 15 is 0 Å². The Bertz CT molecular complexity index is 763. The molecule has 11 nitrogen and oxygen atoms in total. The second-order valence-electron chi connectivity index (χ2n) is 12.6. The molecule has 0 aromatic carbocycles. The highest BCUT2D eigenvalue weighted by atomic mass is 16.7. The lowest BCUT2D eigenvalue weighted by Gasteiger charge is -2.66. The Labute approximate surface area is 205 Å². The van der Waals surface area contributed by atoms with Crippen molar-refractivity contribution in [2.75, 3.05) is 13.2 Å². The van der Waals surface area contributed by atoms with Gasteiger partial charge >= 0.3 is 0 Å². The van der Waals surface area contributed by atoms with Gasteiger partial charge in [0.25, 0.3) is 0 Å². The summed E-state index contributed by atoms with van der Waals surface area (Å²) >= 11 is 0. The molecule has 8 N–H and O–H groups in total. The van der Waals surface area contributed by atoms with E-state index in [4.69, 9.17) is 14.2 Å². The average molecular weight is 504 g/mol. The Balaban J connectivity index is 1.30. The number of hydrogen-bond acceptors (Lipinski definition) is 11. The van der Waals surface area contributed by atoms with Crippen LogP contribution in [-0.2, 0) is 14.2 Å². The molecule has 14 atom stereocenters. The van der Waals surface area contributed by atoms with Gasteiger partial charge in [-0.05, 0) is 55.3 Å². The Morgan fingerprint density at radius 3 is 1.94 bits per heavy atom. The van der Waals surface area contributed by atoms with E-state index in [0.29, 0.717) is 5.92 Å². The van der Waals surface area contributed by atoms with Crippen LogP contribution in [0.5, 0.6) is 0 Å². The van der Waals surface area contributed by atoms with Crippen LogP contribution in [0.2, 0.25) is 0 Å². The topological polar surface area (TPSA) is 181 Å². The minimum Gasteiger partial charge on any atom is -0.394 e. The summed E-state index contributed by atoms with van der Waals surface area (Å²) in [5, 5.41) is 75.3. The summed E-state index contributed by atoms with van der Waals surface area (Å²) in [6.45, 7) is 3.50. The van der Waals surface area contributed by atoms with Gasteiger partial charge in [-0.3, -0.25) is 5.32 Å². The molecule has 4 aliphatic carbocycles. The highest BCUT2D eigenvalue weighted by Crippen LogP contribution is 2.66. The SMILES string of the molecule is C[C@]12CC3CC(N[C@@H]4O[C@H](CO)[C@@H](O[C@@H]5O[C@H](CO)[C@H](O)[C@H](O)[C@@H]5O)[C@@H](O)[C@H]4O)(C1)C[C@@](C)(C3)C2. The van der Waals surface area contributed by atoms with Gasteiger partial charge in [-0.25, -0.2) is 0 Å². The van der Waals surface area contributed by atoms with Crippen molar-refractivity contribution < 1.29 is 50.0 Å². The van der Waals surface area contributed by atoms with Gasteiger partial charge in [0.2, 0.25) is 0 Å². The molecule has 0 spiro atoms. The van der Waals surface area contributed by atoms with Crippen molar-refractivity contribution in [3.8, 4) is 0 Å². The van der Waals surface area contributed by atoms with Crippen LogP contribution in [0.1, 0.15) is 52.4 Å². The van der Waals surface area contributed by atoms with Gasteiger partial charge in [0.15, 0.2) is 6.29 Å². The fourth-order valence-electron chi connectivity index (χ4n) is 8.62. The molecule has 4 saturated carbocycles. The molecule has 0 aromatic heterocycles. The molecule has 0 amide bonds. The summed E-state index contributed by atoms with van der Waals surface area (Å²) in [6, 6.07) is 0. The third-order valence-corrected chi connectivity index (χ3v) is 9.08. The summed E-state index contributed by atoms with van der Waals surface area (Å²) in [7, 11) is 0. The smallest absolute Gasteiger partial charge is 0.187 e. The summed E-state index contributed by atoms with van der Waals surface area (Å²) in [5.41, 5.74) is 0.230. The zero-order valence-corrected chi connectivity index (χ0v) is 20.4. The van der Waals surface area contributed by atoms with Crippen LogP contribution in [0.4, 0.5) is 0 Å². The summed E-state index contributed by atoms with van der Waals surface area (Å²) in [5.74, 6) is 0.607. The summed E-state index contributed by atoms with van der Waals surface area (Å²) in [6.07, 6.45) is -7.26. The van der Waals surface area contributed by atoms with Crippen molar-refractivity contribution in [2.24, 2.45) is 16.7 Å². The molecule has 35 heavy (non-hydrogen) atoms. The largest absolute Gasteiger partial charge is 0.394 e. The first-order chi connectivity index (χ1) is 16.4. The zero-order chi connectivity index (χ0) is 25.3. The molecule has 0 aromatic rings. The third-order valence-electron chi connectivity index (χ3n) is 9.08. The van der Waals surface area contributed by atoms with Crippen LogP contribution in [0.3, 0.4) is 0 Å². The number of hydrogen-bond donors (Lipinski definition) is 8. The van der Waals surface area contributed by atoms with Crippen molar-refractivity contribution in [3.63, 3.8) is 0 Å². The first kappa shape index (κ1) is 26.2. The average Bonchev–Trinajstić information content (AvgIpc) is 2.76. The van der Waals surface area contributed by atoms with Crippen LogP contribution < -0.4 is 5.32 Å². The lowest BCUT2D eigenvalue weighted by Crippen LogP contribution is -2.71. The molecule has 4 bridgehead atoms. The lowest BCUT2D eigenvalue weighted by atomic mass is 9.42. The lowest BCUT2D eigenvalue weighted by molar-refractivity contribution is -0.344. The maximum absolute atomic E-state index is 11.0. The van der Waals surface area contributed by atoms with Crippen LogP contribution in [0.15, 0.2) is 0 Å². The number of rotatable bonds is 6. The zero-order valence-electron chi connectivity index (χ0n) is 20.4. The molecule has 2 unspecified atom stereocenters. The Kier molecular flexibility index (Phi) is 6.80. The van der Waals surface area contributed by atoms with E-state index < -0.39 is 74.6 Å². The predicted octanol–water partition coefficient (Wildman–Crippen LogP) is -2.05. The van der Waals surface area contributed by atoms with Crippen LogP contribution >= 0.6 is 0 Å². The van der Waals surface area contributed by atoms with Crippen molar-refractivity contribution in [1.82, 2.24) is 5.32 Å². The number of ether oxygens (including phenoxy) is 3. The second kappa shape index (κ2) is 9.09. The van der Waals surface area contributed by atoms with E-state index in [-0.39, 0.29) is 16.4 Å². The van der Waals surface area contributed by atoms with E-state index in [1.54, 1.807) is 0 Å². The first-order valence-corrected chi connectivity index (χ1v) is 12.8. The van der Waals surface area contributed by atoms with E-state index in [9.17, 15) is 35.7 Å². The first-order valence-electron chi connectivity index (χ1n) is 12.8. The molecular formula is C24H41NO10. The molecule has 2 saturated heterocycles. The molecular weight excluding hydrogens is 462 g/mol. The summed E-state index contributed by atoms with van der Waals surface area (Å²) < 4.78 is 17.1. The van der Waals surface area contributed by atoms with Crippen LogP contribution in [0, 0.1) is 16.7 Å². The quantitative estimate of drug-likeness (QED) is 0.200. The highest BCUT2D eigenvalue weighted by molar-refractivity contribution is 5.15. The van der Waals surface area contributed by atoms with Gasteiger partial charge in [0, 0.05) is 5.54 Å². The van der Waals surface area contributed by atoms with E-state index in [0.717, 1.165) is 19.3 Å². The molecule has 11 heteroatoms. The van der Waals surface area contributed by atoms with E-state index in [1.165, 1.54) is 19.3 Å². The molecule has 6 rings (SSSR count). The summed E-state index contributed by atoms with van der Waals surface area (Å²) in [4.78, 5) is 0. The van der Waals surface area contributed by atoms with Gasteiger partial charge in [-0.1, -0.05) is 13.8 Å². The Morgan fingerprint density at radius 2 is 1.37 bits per heavy atom. The fraction of sp³-hybridized carbons (Fsp3) is 1.00. The predicted molar refractivity (Wildman–Crippen MR) is 120 cm³/mol. The number of nitrogens with one attached hydrogen (secondary N) is 1. The van der Waals surface area contributed by atoms with Gasteiger partial charge < -0.3 is 50.0 Å². The molecule has 6 fully saturated rings. The normalized spacial score (nSPS) is 58.0. The van der Waals surface area contributed by atoms with Crippen LogP contribution in [-0.4, -0.2) is 116 Å². The molecule has 2 aliphatic heterocycles. The van der Waals surface area contributed by atoms with Gasteiger partial charge in [0.1, 0.15) is 55.1 Å². The molecule has 202 valence electrons. The van der Waals surface area contributed by atoms with Gasteiger partial charge in [-0.2, -0.15) is 0 Å². The van der Waals surface area contributed by atoms with Crippen LogP contribution in [0.25, 0.3) is 0 Å². The Hall–Kier alpha value is -0.440. The minimum absolute atomic E-state index is 0.223. The number of aliphatic hydroxyl groups is 7. The standard InChI is InChI=1S/C24H41NO10/c1-22-3-11-4-23(2,8-22)10-24(5-11,9-22)25-20-17(31)16(30)19(13(7-27)33-20)35-21-18(32)15(29)14(28)12(6-26)34-21/h11-21,25-32H,3-10H2,1-2H3/t11?,12-,13-,14+,15+,16+,17-,18+,19-,20-,21+,22-,23+,24?/m1/s1. The van der Waals surface area contributed by atoms with Crippen molar-refractivity contribution >= 4 is 0 Å². The maximum atomic E-state index is 11.0. The van der Waals surface area contributed by atoms with Gasteiger partial charge in [-0.15, -0.1) is 0 Å². The minimum atomic E-state index is -1.68. The molecule has 6 aliphatic rings. The third kappa shape index (κ3) is 4.57. The van der Waals surface area contributed by atoms with E-state index in [2.05, 4.69) is 19.2 Å². The van der Waals surface area contributed by atoms with Gasteiger partial charge in [0.05, 0.1) is 13.2 Å². The highest BCUT2D eigenvalue weighted by Gasteiger charge is 2.61. The maximum Gasteiger partial charge on any atom is 0.187 e.